The molecule has 0 radical (unpaired) electrons. The minimum Gasteiger partial charge on any atom is -0.489 e. The monoisotopic (exact) mass is 733 g/mol. The predicted octanol–water partition coefficient (Wildman–Crippen LogP) is 8.88. The number of thioether (sulfide) groups is 1. The molecule has 10 heteroatoms. The molecule has 1 aliphatic heterocycles. The number of carbonyl (C=O) groups excluding carboxylic acids is 3. The van der Waals surface area contributed by atoms with E-state index >= 15 is 0 Å². The van der Waals surface area contributed by atoms with Gasteiger partial charge in [0, 0.05) is 27.9 Å². The minimum absolute atomic E-state index is 0.0464. The first-order valence-electron chi connectivity index (χ1n) is 17.2. The quantitative estimate of drug-likeness (QED) is 0.0803. The van der Waals surface area contributed by atoms with Crippen LogP contribution >= 0.6 is 11.8 Å². The zero-order valence-electron chi connectivity index (χ0n) is 28.9. The molecule has 1 unspecified atom stereocenters. The summed E-state index contributed by atoms with van der Waals surface area (Å²) >= 11 is 1.34. The summed E-state index contributed by atoms with van der Waals surface area (Å²) in [5, 5.41) is 8.10. The normalized spacial score (nSPS) is 12.3. The molecule has 3 amide bonds. The molecule has 6 aromatic carbocycles. The van der Waals surface area contributed by atoms with Crippen LogP contribution in [-0.4, -0.2) is 24.5 Å². The number of ether oxygens (including phenoxy) is 3. The van der Waals surface area contributed by atoms with Crippen molar-refractivity contribution >= 4 is 46.9 Å². The van der Waals surface area contributed by atoms with Crippen LogP contribution in [0.3, 0.4) is 0 Å². The number of fused-ring (bicyclic) bond motifs is 1. The van der Waals surface area contributed by atoms with E-state index in [1.54, 1.807) is 66.7 Å². The van der Waals surface area contributed by atoms with Crippen molar-refractivity contribution in [1.29, 1.82) is 0 Å². The number of hydrogen-bond acceptors (Lipinski definition) is 7. The highest BCUT2D eigenvalue weighted by molar-refractivity contribution is 8.00. The second-order valence-corrected chi connectivity index (χ2v) is 13.3. The van der Waals surface area contributed by atoms with Crippen LogP contribution in [0.2, 0.25) is 0 Å². The summed E-state index contributed by atoms with van der Waals surface area (Å²) in [6, 6.07) is 47.8. The summed E-state index contributed by atoms with van der Waals surface area (Å²) in [5.74, 6) is 0.682. The van der Waals surface area contributed by atoms with Crippen molar-refractivity contribution in [3.63, 3.8) is 0 Å². The fourth-order valence-electron chi connectivity index (χ4n) is 5.57. The Hall–Kier alpha value is -6.78. The van der Waals surface area contributed by atoms with Gasteiger partial charge < -0.3 is 30.2 Å². The fourth-order valence-corrected chi connectivity index (χ4v) is 6.66. The van der Waals surface area contributed by atoms with Crippen LogP contribution in [0.5, 0.6) is 17.2 Å². The van der Waals surface area contributed by atoms with Gasteiger partial charge in [-0.15, -0.1) is 11.8 Å². The van der Waals surface area contributed by atoms with Gasteiger partial charge in [-0.1, -0.05) is 97.1 Å². The van der Waals surface area contributed by atoms with Gasteiger partial charge in [0.25, 0.3) is 11.8 Å². The van der Waals surface area contributed by atoms with Crippen molar-refractivity contribution in [2.24, 2.45) is 0 Å². The lowest BCUT2D eigenvalue weighted by atomic mass is 10.1. The lowest BCUT2D eigenvalue weighted by molar-refractivity contribution is -0.116. The largest absolute Gasteiger partial charge is 0.489 e. The Kier molecular flexibility index (Phi) is 11.3. The number of carbonyl (C=O) groups is 3. The van der Waals surface area contributed by atoms with E-state index in [9.17, 15) is 14.4 Å². The van der Waals surface area contributed by atoms with Crippen molar-refractivity contribution in [1.82, 2.24) is 5.32 Å². The van der Waals surface area contributed by atoms with E-state index in [1.165, 1.54) is 11.8 Å². The van der Waals surface area contributed by atoms with E-state index in [1.807, 2.05) is 97.1 Å². The van der Waals surface area contributed by atoms with Crippen LogP contribution in [-0.2, 0) is 16.2 Å². The van der Waals surface area contributed by atoms with E-state index in [0.717, 1.165) is 16.0 Å². The zero-order valence-corrected chi connectivity index (χ0v) is 29.8. The predicted molar refractivity (Wildman–Crippen MR) is 210 cm³/mol. The third kappa shape index (κ3) is 9.36. The van der Waals surface area contributed by atoms with Crippen LogP contribution in [0.4, 0.5) is 11.4 Å². The second kappa shape index (κ2) is 17.2. The molecule has 0 saturated heterocycles. The highest BCUT2D eigenvalue weighted by Gasteiger charge is 2.24. The van der Waals surface area contributed by atoms with E-state index in [4.69, 9.17) is 14.2 Å². The summed E-state index contributed by atoms with van der Waals surface area (Å²) in [6.07, 6.45) is 1.61. The molecule has 268 valence electrons. The van der Waals surface area contributed by atoms with Gasteiger partial charge in [-0.3, -0.25) is 14.4 Å². The third-order valence-corrected chi connectivity index (χ3v) is 9.54. The Labute approximate surface area is 317 Å². The van der Waals surface area contributed by atoms with E-state index in [-0.39, 0.29) is 18.4 Å². The lowest BCUT2D eigenvalue weighted by Crippen LogP contribution is -2.30. The van der Waals surface area contributed by atoms with Gasteiger partial charge in [-0.2, -0.15) is 0 Å². The highest BCUT2D eigenvalue weighted by Crippen LogP contribution is 2.39. The molecule has 0 bridgehead atoms. The number of nitrogens with one attached hydrogen (secondary N) is 3. The molecular formula is C44H35N3O6S. The molecule has 1 heterocycles. The number of rotatable bonds is 13. The van der Waals surface area contributed by atoms with Crippen molar-refractivity contribution in [2.45, 2.75) is 16.8 Å². The third-order valence-electron chi connectivity index (χ3n) is 8.29. The molecule has 0 aromatic heterocycles. The topological polar surface area (TPSA) is 115 Å². The summed E-state index contributed by atoms with van der Waals surface area (Å²) in [5.41, 5.74) is 4.06. The van der Waals surface area contributed by atoms with Crippen molar-refractivity contribution in [2.75, 3.05) is 17.4 Å². The van der Waals surface area contributed by atoms with Crippen LogP contribution in [0, 0.1) is 0 Å². The van der Waals surface area contributed by atoms with Crippen molar-refractivity contribution < 1.29 is 28.6 Å². The van der Waals surface area contributed by atoms with Crippen LogP contribution < -0.4 is 30.2 Å². The average Bonchev–Trinajstić information content (AvgIpc) is 3.69. The maximum absolute atomic E-state index is 13.8. The van der Waals surface area contributed by atoms with Gasteiger partial charge in [0.2, 0.25) is 12.7 Å². The lowest BCUT2D eigenvalue weighted by Gasteiger charge is -2.18. The van der Waals surface area contributed by atoms with Gasteiger partial charge in [0.05, 0.1) is 0 Å². The Morgan fingerprint density at radius 1 is 0.685 bits per heavy atom. The molecule has 0 saturated carbocycles. The van der Waals surface area contributed by atoms with Gasteiger partial charge >= 0.3 is 0 Å². The number of amides is 3. The highest BCUT2D eigenvalue weighted by atomic mass is 32.2. The minimum atomic E-state index is -0.622. The summed E-state index contributed by atoms with van der Waals surface area (Å²) in [7, 11) is 0. The molecule has 54 heavy (non-hydrogen) atoms. The average molecular weight is 734 g/mol. The Bertz CT molecular complexity index is 2270. The SMILES string of the molecule is O=C(Nc1cccc(SC(C(=O)Nc2ccc3c(c2)OCO3)c2ccccc2)c1)/C(=C/c1ccc(OCc2ccccc2)cc1)NC(=O)c1ccccc1. The zero-order chi connectivity index (χ0) is 37.1. The molecule has 0 aliphatic carbocycles. The van der Waals surface area contributed by atoms with E-state index in [0.29, 0.717) is 46.4 Å². The molecule has 1 aliphatic rings. The number of hydrogen-bond donors (Lipinski definition) is 3. The van der Waals surface area contributed by atoms with Crippen LogP contribution in [0.1, 0.15) is 32.3 Å². The second-order valence-electron chi connectivity index (χ2n) is 12.2. The Morgan fingerprint density at radius 3 is 2.13 bits per heavy atom. The van der Waals surface area contributed by atoms with Gasteiger partial charge in [0.1, 0.15) is 23.3 Å². The first-order chi connectivity index (χ1) is 26.5. The van der Waals surface area contributed by atoms with Crippen LogP contribution in [0.25, 0.3) is 6.08 Å². The van der Waals surface area contributed by atoms with Gasteiger partial charge in [0.15, 0.2) is 11.5 Å². The number of benzene rings is 6. The summed E-state index contributed by atoms with van der Waals surface area (Å²) in [6.45, 7) is 0.557. The standard InChI is InChI=1S/C44H35N3O6S/c48-42(33-15-8-3-9-16-33)47-38(25-30-19-22-36(23-20-30)51-28-31-11-4-1-5-12-31)43(49)45-34-17-10-18-37(26-34)54-41(32-13-6-2-7-14-32)44(50)46-35-21-24-39-40(27-35)53-29-52-39/h1-27,41H,28-29H2,(H,45,49)(H,46,50)(H,47,48)/b38-25-. The summed E-state index contributed by atoms with van der Waals surface area (Å²) < 4.78 is 16.8. The Morgan fingerprint density at radius 2 is 1.37 bits per heavy atom. The molecule has 0 fully saturated rings. The smallest absolute Gasteiger partial charge is 0.272 e. The maximum Gasteiger partial charge on any atom is 0.272 e. The molecule has 6 aromatic rings. The van der Waals surface area contributed by atoms with Crippen LogP contribution in [0.15, 0.2) is 168 Å². The molecule has 7 rings (SSSR count). The van der Waals surface area contributed by atoms with E-state index < -0.39 is 17.1 Å². The van der Waals surface area contributed by atoms with Gasteiger partial charge in [-0.05, 0) is 77.4 Å². The van der Waals surface area contributed by atoms with Gasteiger partial charge in [-0.25, -0.2) is 0 Å². The van der Waals surface area contributed by atoms with E-state index in [2.05, 4.69) is 16.0 Å². The number of anilines is 2. The first kappa shape index (κ1) is 35.6. The summed E-state index contributed by atoms with van der Waals surface area (Å²) in [4.78, 5) is 41.6. The van der Waals surface area contributed by atoms with Crippen molar-refractivity contribution in [3.05, 3.63) is 186 Å². The fraction of sp³-hybridized carbons (Fsp3) is 0.0682. The molecule has 0 spiro atoms. The molecule has 1 atom stereocenters. The Balaban J connectivity index is 1.08. The molecule has 9 nitrogen and oxygen atoms in total. The molecular weight excluding hydrogens is 699 g/mol. The maximum atomic E-state index is 13.8. The van der Waals surface area contributed by atoms with Crippen molar-refractivity contribution in [3.8, 4) is 17.2 Å². The molecule has 3 N–H and O–H groups in total. The first-order valence-corrected chi connectivity index (χ1v) is 18.0.